The first kappa shape index (κ1) is 16.1. The number of hydrogen-bond acceptors (Lipinski definition) is 5. The van der Waals surface area contributed by atoms with Crippen molar-refractivity contribution in [2.45, 2.75) is 0 Å². The number of esters is 1. The van der Waals surface area contributed by atoms with E-state index in [-0.39, 0.29) is 22.5 Å². The Labute approximate surface area is 129 Å². The fraction of sp³-hybridized carbons (Fsp3) is 0.0667. The van der Waals surface area contributed by atoms with Crippen molar-refractivity contribution >= 4 is 23.3 Å². The number of non-ortho nitro benzene ring substituents is 1. The van der Waals surface area contributed by atoms with E-state index in [9.17, 15) is 24.1 Å². The van der Waals surface area contributed by atoms with Crippen molar-refractivity contribution in [1.29, 1.82) is 0 Å². The van der Waals surface area contributed by atoms with Gasteiger partial charge in [0.2, 0.25) is 0 Å². The van der Waals surface area contributed by atoms with Gasteiger partial charge in [-0.25, -0.2) is 9.18 Å². The molecular weight excluding hydrogens is 307 g/mol. The highest BCUT2D eigenvalue weighted by molar-refractivity contribution is 6.05. The monoisotopic (exact) mass is 318 g/mol. The highest BCUT2D eigenvalue weighted by Crippen LogP contribution is 2.22. The lowest BCUT2D eigenvalue weighted by Gasteiger charge is -2.07. The normalized spacial score (nSPS) is 10.0. The number of rotatable bonds is 4. The number of hydrogen-bond donors (Lipinski definition) is 1. The molecule has 0 saturated carbocycles. The first-order chi connectivity index (χ1) is 10.9. The van der Waals surface area contributed by atoms with Gasteiger partial charge in [0.1, 0.15) is 5.82 Å². The van der Waals surface area contributed by atoms with E-state index in [0.29, 0.717) is 0 Å². The maximum Gasteiger partial charge on any atom is 0.337 e. The van der Waals surface area contributed by atoms with Crippen LogP contribution in [0.3, 0.4) is 0 Å². The molecule has 0 aliphatic heterocycles. The topological polar surface area (TPSA) is 98.5 Å². The molecule has 0 radical (unpaired) electrons. The number of benzene rings is 2. The predicted octanol–water partition coefficient (Wildman–Crippen LogP) is 2.77. The molecule has 2 rings (SSSR count). The maximum atomic E-state index is 13.7. The summed E-state index contributed by atoms with van der Waals surface area (Å²) in [5.41, 5.74) is -0.448. The van der Waals surface area contributed by atoms with Gasteiger partial charge in [-0.05, 0) is 24.3 Å². The van der Waals surface area contributed by atoms with Gasteiger partial charge in [-0.15, -0.1) is 0 Å². The van der Waals surface area contributed by atoms with Crippen LogP contribution in [0.15, 0.2) is 42.5 Å². The van der Waals surface area contributed by atoms with Crippen LogP contribution in [0, 0.1) is 15.9 Å². The molecule has 0 aliphatic rings. The Morgan fingerprint density at radius 2 is 1.87 bits per heavy atom. The maximum absolute atomic E-state index is 13.7. The Morgan fingerprint density at radius 1 is 1.17 bits per heavy atom. The van der Waals surface area contributed by atoms with Crippen LogP contribution in [-0.2, 0) is 4.74 Å². The first-order valence-electron chi connectivity index (χ1n) is 6.36. The Kier molecular flexibility index (Phi) is 4.65. The quantitative estimate of drug-likeness (QED) is 0.531. The highest BCUT2D eigenvalue weighted by Gasteiger charge is 2.15. The van der Waals surface area contributed by atoms with Crippen LogP contribution < -0.4 is 5.32 Å². The first-order valence-corrected chi connectivity index (χ1v) is 6.36. The van der Waals surface area contributed by atoms with E-state index < -0.39 is 22.6 Å². The molecule has 2 aromatic carbocycles. The summed E-state index contributed by atoms with van der Waals surface area (Å²) in [6.45, 7) is 0. The minimum atomic E-state index is -0.812. The van der Waals surface area contributed by atoms with Crippen molar-refractivity contribution < 1.29 is 23.6 Å². The van der Waals surface area contributed by atoms with E-state index in [4.69, 9.17) is 0 Å². The zero-order valence-electron chi connectivity index (χ0n) is 11.9. The second-order valence-electron chi connectivity index (χ2n) is 4.45. The van der Waals surface area contributed by atoms with E-state index in [0.717, 1.165) is 18.2 Å². The van der Waals surface area contributed by atoms with Crippen LogP contribution in [0.2, 0.25) is 0 Å². The average Bonchev–Trinajstić information content (AvgIpc) is 2.55. The van der Waals surface area contributed by atoms with Crippen LogP contribution in [-0.4, -0.2) is 23.9 Å². The number of nitro groups is 1. The third kappa shape index (κ3) is 3.67. The number of nitrogens with zero attached hydrogens (tertiary/aromatic N) is 1. The van der Waals surface area contributed by atoms with Gasteiger partial charge in [0, 0.05) is 17.7 Å². The lowest BCUT2D eigenvalue weighted by molar-refractivity contribution is -0.384. The lowest BCUT2D eigenvalue weighted by atomic mass is 10.1. The van der Waals surface area contributed by atoms with Crippen molar-refractivity contribution in [3.8, 4) is 0 Å². The van der Waals surface area contributed by atoms with Crippen molar-refractivity contribution in [1.82, 2.24) is 0 Å². The fourth-order valence-corrected chi connectivity index (χ4v) is 1.82. The number of anilines is 1. The predicted molar refractivity (Wildman–Crippen MR) is 78.8 cm³/mol. The Balaban J connectivity index is 2.27. The number of halogens is 1. The molecule has 23 heavy (non-hydrogen) atoms. The van der Waals surface area contributed by atoms with E-state index in [1.54, 1.807) is 0 Å². The van der Waals surface area contributed by atoms with Crippen molar-refractivity contribution in [3.05, 3.63) is 69.5 Å². The number of nitro benzene ring substituents is 1. The molecule has 0 aromatic heterocycles. The molecule has 0 atom stereocenters. The standard InChI is InChI=1S/C15H11FN2O5/c1-23-15(20)10-4-2-3-9(7-10)14(19)17-13-8-11(18(21)22)5-6-12(13)16/h2-8H,1H3,(H,17,19). The number of carbonyl (C=O) groups is 2. The smallest absolute Gasteiger partial charge is 0.337 e. The zero-order chi connectivity index (χ0) is 17.0. The number of methoxy groups -OCH3 is 1. The van der Waals surface area contributed by atoms with E-state index in [2.05, 4.69) is 10.1 Å². The highest BCUT2D eigenvalue weighted by atomic mass is 19.1. The van der Waals surface area contributed by atoms with Crippen LogP contribution in [0.25, 0.3) is 0 Å². The van der Waals surface area contributed by atoms with Crippen molar-refractivity contribution in [3.63, 3.8) is 0 Å². The number of amides is 1. The SMILES string of the molecule is COC(=O)c1cccc(C(=O)Nc2cc([N+](=O)[O-])ccc2F)c1. The largest absolute Gasteiger partial charge is 0.465 e. The Morgan fingerprint density at radius 3 is 2.52 bits per heavy atom. The molecule has 1 N–H and O–H groups in total. The molecule has 0 unspecified atom stereocenters. The molecule has 1 amide bonds. The summed E-state index contributed by atoms with van der Waals surface area (Å²) in [6.07, 6.45) is 0. The van der Waals surface area contributed by atoms with Crippen LogP contribution in [0.1, 0.15) is 20.7 Å². The molecular formula is C15H11FN2O5. The molecule has 2 aromatic rings. The molecule has 0 saturated heterocycles. The molecule has 7 nitrogen and oxygen atoms in total. The van der Waals surface area contributed by atoms with E-state index in [1.807, 2.05) is 0 Å². The van der Waals surface area contributed by atoms with Crippen LogP contribution in [0.4, 0.5) is 15.8 Å². The van der Waals surface area contributed by atoms with Gasteiger partial charge in [0.15, 0.2) is 0 Å². The Bertz CT molecular complexity index is 791. The van der Waals surface area contributed by atoms with Gasteiger partial charge >= 0.3 is 5.97 Å². The summed E-state index contributed by atoms with van der Waals surface area (Å²) < 4.78 is 18.2. The third-order valence-corrected chi connectivity index (χ3v) is 2.95. The zero-order valence-corrected chi connectivity index (χ0v) is 11.9. The van der Waals surface area contributed by atoms with Gasteiger partial charge in [0.25, 0.3) is 11.6 Å². The molecule has 118 valence electrons. The van der Waals surface area contributed by atoms with E-state index in [1.165, 1.54) is 31.4 Å². The summed E-state index contributed by atoms with van der Waals surface area (Å²) in [7, 11) is 1.20. The molecule has 0 bridgehead atoms. The minimum absolute atomic E-state index is 0.0822. The summed E-state index contributed by atoms with van der Waals surface area (Å²) >= 11 is 0. The minimum Gasteiger partial charge on any atom is -0.465 e. The molecule has 0 aliphatic carbocycles. The number of nitrogens with one attached hydrogen (secondary N) is 1. The van der Waals surface area contributed by atoms with Gasteiger partial charge in [-0.1, -0.05) is 6.07 Å². The fourth-order valence-electron chi connectivity index (χ4n) is 1.82. The average molecular weight is 318 g/mol. The number of ether oxygens (including phenoxy) is 1. The summed E-state index contributed by atoms with van der Waals surface area (Å²) in [5.74, 6) is -2.15. The van der Waals surface area contributed by atoms with Crippen LogP contribution in [0.5, 0.6) is 0 Å². The van der Waals surface area contributed by atoms with Crippen LogP contribution >= 0.6 is 0 Å². The molecule has 8 heteroatoms. The van der Waals surface area contributed by atoms with Gasteiger partial charge in [-0.3, -0.25) is 14.9 Å². The second kappa shape index (κ2) is 6.65. The molecule has 0 fully saturated rings. The van der Waals surface area contributed by atoms with Gasteiger partial charge in [-0.2, -0.15) is 0 Å². The van der Waals surface area contributed by atoms with Gasteiger partial charge in [0.05, 0.1) is 23.3 Å². The van der Waals surface area contributed by atoms with Crippen molar-refractivity contribution in [2.75, 3.05) is 12.4 Å². The van der Waals surface area contributed by atoms with E-state index >= 15 is 0 Å². The van der Waals surface area contributed by atoms with Gasteiger partial charge < -0.3 is 10.1 Å². The third-order valence-electron chi connectivity index (χ3n) is 2.95. The summed E-state index contributed by atoms with van der Waals surface area (Å²) in [5, 5.41) is 12.9. The van der Waals surface area contributed by atoms with Crippen molar-refractivity contribution in [2.24, 2.45) is 0 Å². The summed E-state index contributed by atoms with van der Waals surface area (Å²) in [4.78, 5) is 33.5. The Hall–Kier alpha value is -3.29. The molecule has 0 spiro atoms. The number of carbonyl (C=O) groups excluding carboxylic acids is 2. The molecule has 0 heterocycles. The second-order valence-corrected chi connectivity index (χ2v) is 4.45. The lowest BCUT2D eigenvalue weighted by Crippen LogP contribution is -2.14. The summed E-state index contributed by atoms with van der Waals surface area (Å²) in [6, 6.07) is 8.40.